The van der Waals surface area contributed by atoms with Gasteiger partial charge in [-0.1, -0.05) is 15.9 Å². The van der Waals surface area contributed by atoms with Crippen molar-refractivity contribution >= 4 is 27.9 Å². The van der Waals surface area contributed by atoms with E-state index in [0.29, 0.717) is 11.3 Å². The van der Waals surface area contributed by atoms with E-state index in [4.69, 9.17) is 10.00 Å². The van der Waals surface area contributed by atoms with Crippen LogP contribution in [0.3, 0.4) is 0 Å². The van der Waals surface area contributed by atoms with Crippen LogP contribution in [0.5, 0.6) is 5.75 Å². The van der Waals surface area contributed by atoms with Gasteiger partial charge in [-0.25, -0.2) is 0 Å². The van der Waals surface area contributed by atoms with Crippen LogP contribution in [0.25, 0.3) is 6.08 Å². The van der Waals surface area contributed by atoms with E-state index in [-0.39, 0.29) is 11.5 Å². The molecule has 4 nitrogen and oxygen atoms in total. The summed E-state index contributed by atoms with van der Waals surface area (Å²) < 4.78 is 6.04. The molecule has 0 unspecified atom stereocenters. The molecule has 0 aliphatic heterocycles. The van der Waals surface area contributed by atoms with Crippen LogP contribution in [0, 0.1) is 11.3 Å². The van der Waals surface area contributed by atoms with E-state index in [9.17, 15) is 4.79 Å². The van der Waals surface area contributed by atoms with Gasteiger partial charge >= 0.3 is 0 Å². The average molecular weight is 309 g/mol. The predicted molar refractivity (Wildman–Crippen MR) is 73.0 cm³/mol. The van der Waals surface area contributed by atoms with E-state index in [1.54, 1.807) is 33.3 Å². The van der Waals surface area contributed by atoms with Gasteiger partial charge in [0.1, 0.15) is 17.4 Å². The van der Waals surface area contributed by atoms with Gasteiger partial charge in [0.15, 0.2) is 0 Å². The van der Waals surface area contributed by atoms with Crippen LogP contribution in [0.4, 0.5) is 0 Å². The molecule has 0 aromatic heterocycles. The first kappa shape index (κ1) is 14.3. The van der Waals surface area contributed by atoms with Crippen molar-refractivity contribution in [2.75, 3.05) is 21.2 Å². The Morgan fingerprint density at radius 2 is 2.17 bits per heavy atom. The summed E-state index contributed by atoms with van der Waals surface area (Å²) in [5.74, 6) is 0.275. The van der Waals surface area contributed by atoms with Crippen LogP contribution in [-0.4, -0.2) is 32.0 Å². The summed E-state index contributed by atoms with van der Waals surface area (Å²) in [5.41, 5.74) is 0.745. The van der Waals surface area contributed by atoms with Crippen LogP contribution in [0.2, 0.25) is 0 Å². The number of likely N-dealkylation sites (N-methyl/N-ethyl adjacent to an activating group) is 1. The molecule has 0 radical (unpaired) electrons. The fraction of sp³-hybridized carbons (Fsp3) is 0.231. The molecular weight excluding hydrogens is 296 g/mol. The van der Waals surface area contributed by atoms with Crippen molar-refractivity contribution < 1.29 is 9.53 Å². The molecule has 1 amide bonds. The van der Waals surface area contributed by atoms with Crippen LogP contribution in [-0.2, 0) is 4.79 Å². The second-order valence-electron chi connectivity index (χ2n) is 3.76. The molecule has 94 valence electrons. The quantitative estimate of drug-likeness (QED) is 0.636. The molecule has 0 N–H and O–H groups in total. The largest absolute Gasteiger partial charge is 0.496 e. The van der Waals surface area contributed by atoms with Gasteiger partial charge in [-0.3, -0.25) is 4.79 Å². The monoisotopic (exact) mass is 308 g/mol. The predicted octanol–water partition coefficient (Wildman–Crippen LogP) is 2.45. The average Bonchev–Trinajstić information content (AvgIpc) is 2.35. The van der Waals surface area contributed by atoms with Gasteiger partial charge in [0.05, 0.1) is 7.11 Å². The Kier molecular flexibility index (Phi) is 4.93. The fourth-order valence-electron chi connectivity index (χ4n) is 1.36. The number of carbonyl (C=O) groups excluding carboxylic acids is 1. The second kappa shape index (κ2) is 6.22. The molecule has 0 bridgehead atoms. The fourth-order valence-corrected chi connectivity index (χ4v) is 1.74. The summed E-state index contributed by atoms with van der Waals surface area (Å²) in [6.07, 6.45) is 1.52. The molecule has 0 spiro atoms. The number of amides is 1. The van der Waals surface area contributed by atoms with Crippen molar-refractivity contribution in [1.82, 2.24) is 4.90 Å². The lowest BCUT2D eigenvalue weighted by molar-refractivity contribution is -0.124. The first-order chi connectivity index (χ1) is 8.49. The Morgan fingerprint density at radius 3 is 2.67 bits per heavy atom. The van der Waals surface area contributed by atoms with Gasteiger partial charge in [-0.2, -0.15) is 5.26 Å². The van der Waals surface area contributed by atoms with Crippen molar-refractivity contribution in [3.8, 4) is 11.8 Å². The summed E-state index contributed by atoms with van der Waals surface area (Å²) in [5, 5.41) is 9.02. The number of halogens is 1. The first-order valence-electron chi connectivity index (χ1n) is 5.16. The zero-order chi connectivity index (χ0) is 13.7. The molecule has 0 fully saturated rings. The molecule has 0 aliphatic rings. The maximum atomic E-state index is 11.7. The smallest absolute Gasteiger partial charge is 0.264 e. The number of methoxy groups -OCH3 is 1. The van der Waals surface area contributed by atoms with Crippen molar-refractivity contribution in [2.24, 2.45) is 0 Å². The molecule has 1 aromatic carbocycles. The molecule has 0 heterocycles. The van der Waals surface area contributed by atoms with E-state index in [1.807, 2.05) is 12.1 Å². The van der Waals surface area contributed by atoms with E-state index >= 15 is 0 Å². The van der Waals surface area contributed by atoms with E-state index in [0.717, 1.165) is 4.47 Å². The van der Waals surface area contributed by atoms with Gasteiger partial charge in [0, 0.05) is 24.1 Å². The van der Waals surface area contributed by atoms with Gasteiger partial charge in [-0.15, -0.1) is 0 Å². The Balaban J connectivity index is 3.25. The first-order valence-corrected chi connectivity index (χ1v) is 5.96. The van der Waals surface area contributed by atoms with Crippen LogP contribution >= 0.6 is 15.9 Å². The number of nitrogens with zero attached hydrogens (tertiary/aromatic N) is 2. The van der Waals surface area contributed by atoms with E-state index < -0.39 is 0 Å². The number of hydrogen-bond donors (Lipinski definition) is 0. The minimum atomic E-state index is -0.334. The Labute approximate surface area is 115 Å². The highest BCUT2D eigenvalue weighted by atomic mass is 79.9. The highest BCUT2D eigenvalue weighted by Crippen LogP contribution is 2.25. The number of rotatable bonds is 3. The summed E-state index contributed by atoms with van der Waals surface area (Å²) in [4.78, 5) is 13.1. The molecule has 5 heteroatoms. The minimum absolute atomic E-state index is 0.0661. The van der Waals surface area contributed by atoms with E-state index in [1.165, 1.54) is 11.0 Å². The second-order valence-corrected chi connectivity index (χ2v) is 4.67. The highest BCUT2D eigenvalue weighted by molar-refractivity contribution is 9.10. The molecule has 0 saturated carbocycles. The van der Waals surface area contributed by atoms with Gasteiger partial charge in [0.25, 0.3) is 5.91 Å². The van der Waals surface area contributed by atoms with Crippen LogP contribution in [0.15, 0.2) is 28.2 Å². The molecule has 1 rings (SSSR count). The lowest BCUT2D eigenvalue weighted by Gasteiger charge is -2.10. The van der Waals surface area contributed by atoms with Crippen molar-refractivity contribution in [1.29, 1.82) is 5.26 Å². The number of nitriles is 1. The summed E-state index contributed by atoms with van der Waals surface area (Å²) >= 11 is 3.34. The third kappa shape index (κ3) is 3.34. The zero-order valence-corrected chi connectivity index (χ0v) is 12.0. The number of carbonyl (C=O) groups is 1. The van der Waals surface area contributed by atoms with E-state index in [2.05, 4.69) is 15.9 Å². The lowest BCUT2D eigenvalue weighted by Crippen LogP contribution is -2.22. The zero-order valence-electron chi connectivity index (χ0n) is 10.4. The van der Waals surface area contributed by atoms with Crippen molar-refractivity contribution in [3.63, 3.8) is 0 Å². The molecule has 18 heavy (non-hydrogen) atoms. The number of hydrogen-bond acceptors (Lipinski definition) is 3. The lowest BCUT2D eigenvalue weighted by atomic mass is 10.1. The maximum absolute atomic E-state index is 11.7. The van der Waals surface area contributed by atoms with Gasteiger partial charge in [0.2, 0.25) is 0 Å². The van der Waals surface area contributed by atoms with Gasteiger partial charge in [-0.05, 0) is 24.3 Å². The number of ether oxygens (including phenoxy) is 1. The Hall–Kier alpha value is -1.80. The molecular formula is C13H13BrN2O2. The number of benzene rings is 1. The Morgan fingerprint density at radius 1 is 1.50 bits per heavy atom. The van der Waals surface area contributed by atoms with Crippen LogP contribution in [0.1, 0.15) is 5.56 Å². The maximum Gasteiger partial charge on any atom is 0.264 e. The summed E-state index contributed by atoms with van der Waals surface area (Å²) in [6.45, 7) is 0. The highest BCUT2D eigenvalue weighted by Gasteiger charge is 2.12. The third-order valence-corrected chi connectivity index (χ3v) is 2.74. The van der Waals surface area contributed by atoms with Gasteiger partial charge < -0.3 is 9.64 Å². The third-order valence-electron chi connectivity index (χ3n) is 2.25. The molecule has 0 saturated heterocycles. The van der Waals surface area contributed by atoms with Crippen LogP contribution < -0.4 is 4.74 Å². The Bertz CT molecular complexity index is 530. The topological polar surface area (TPSA) is 53.3 Å². The standard InChI is InChI=1S/C13H13BrN2O2/c1-16(2)13(17)10(8-15)6-9-7-11(14)4-5-12(9)18-3/h4-7H,1-3H3/b10-6-. The normalized spacial score (nSPS) is 10.7. The molecule has 0 aliphatic carbocycles. The van der Waals surface area contributed by atoms with Crippen molar-refractivity contribution in [2.45, 2.75) is 0 Å². The molecule has 0 atom stereocenters. The summed E-state index contributed by atoms with van der Waals surface area (Å²) in [6, 6.07) is 7.29. The van der Waals surface area contributed by atoms with Crippen molar-refractivity contribution in [3.05, 3.63) is 33.8 Å². The molecule has 1 aromatic rings. The summed E-state index contributed by atoms with van der Waals surface area (Å²) in [7, 11) is 4.75. The minimum Gasteiger partial charge on any atom is -0.496 e. The SMILES string of the molecule is COc1ccc(Br)cc1/C=C(/C#N)C(=O)N(C)C.